The highest BCUT2D eigenvalue weighted by molar-refractivity contribution is 6.31. The second-order valence-corrected chi connectivity index (χ2v) is 6.84. The van der Waals surface area contributed by atoms with E-state index < -0.39 is 17.8 Å². The van der Waals surface area contributed by atoms with Crippen LogP contribution in [-0.4, -0.2) is 28.7 Å². The van der Waals surface area contributed by atoms with Crippen molar-refractivity contribution >= 4 is 17.5 Å². The molecule has 0 spiro atoms. The number of nitrogens with zero attached hydrogens (tertiary/aromatic N) is 1. The minimum Gasteiger partial charge on any atom is -0.288 e. The van der Waals surface area contributed by atoms with E-state index in [1.807, 2.05) is 12.1 Å². The average molecular weight is 349 g/mol. The van der Waals surface area contributed by atoms with Crippen LogP contribution in [0.3, 0.4) is 0 Å². The SMILES string of the molecule is CC1(C)CC(=O)NN1C(CCCc1ccccc1Cl)C(F)(F)F. The Morgan fingerprint density at radius 3 is 2.52 bits per heavy atom. The molecule has 0 bridgehead atoms. The van der Waals surface area contributed by atoms with Gasteiger partial charge in [-0.3, -0.25) is 10.2 Å². The molecule has 1 unspecified atom stereocenters. The summed E-state index contributed by atoms with van der Waals surface area (Å²) < 4.78 is 40.3. The molecular formula is C16H20ClF3N2O. The molecule has 1 heterocycles. The number of carbonyl (C=O) groups is 1. The second-order valence-electron chi connectivity index (χ2n) is 6.44. The van der Waals surface area contributed by atoms with Gasteiger partial charge in [-0.1, -0.05) is 29.8 Å². The summed E-state index contributed by atoms with van der Waals surface area (Å²) in [5, 5.41) is 1.62. The largest absolute Gasteiger partial charge is 0.405 e. The van der Waals surface area contributed by atoms with Crippen molar-refractivity contribution in [1.29, 1.82) is 0 Å². The van der Waals surface area contributed by atoms with Crippen molar-refractivity contribution in [3.63, 3.8) is 0 Å². The molecule has 0 aromatic heterocycles. The van der Waals surface area contributed by atoms with Gasteiger partial charge >= 0.3 is 6.18 Å². The number of amides is 1. The normalized spacial score (nSPS) is 19.7. The number of hydrazine groups is 1. The number of carbonyl (C=O) groups excluding carboxylic acids is 1. The fourth-order valence-corrected chi connectivity index (χ4v) is 3.16. The standard InChI is InChI=1S/C16H20ClF3N2O/c1-15(2)10-14(23)21-22(15)13(16(18,19)20)9-5-7-11-6-3-4-8-12(11)17/h3-4,6,8,13H,5,7,9-10H2,1-2H3,(H,21,23). The van der Waals surface area contributed by atoms with Gasteiger partial charge in [-0.05, 0) is 44.7 Å². The van der Waals surface area contributed by atoms with Gasteiger partial charge in [0, 0.05) is 17.0 Å². The highest BCUT2D eigenvalue weighted by Crippen LogP contribution is 2.35. The summed E-state index contributed by atoms with van der Waals surface area (Å²) in [5.74, 6) is -0.379. The van der Waals surface area contributed by atoms with Crippen molar-refractivity contribution in [3.05, 3.63) is 34.9 Å². The highest BCUT2D eigenvalue weighted by Gasteiger charge is 2.51. The molecule has 1 saturated heterocycles. The number of aryl methyl sites for hydroxylation is 1. The second kappa shape index (κ2) is 6.69. The third kappa shape index (κ3) is 4.38. The Kier molecular flexibility index (Phi) is 5.26. The van der Waals surface area contributed by atoms with E-state index in [0.717, 1.165) is 10.6 Å². The van der Waals surface area contributed by atoms with E-state index in [9.17, 15) is 18.0 Å². The van der Waals surface area contributed by atoms with Crippen molar-refractivity contribution < 1.29 is 18.0 Å². The molecule has 0 saturated carbocycles. The van der Waals surface area contributed by atoms with Gasteiger partial charge in [0.05, 0.1) is 0 Å². The van der Waals surface area contributed by atoms with E-state index >= 15 is 0 Å². The fourth-order valence-electron chi connectivity index (χ4n) is 2.93. The average Bonchev–Trinajstić information content (AvgIpc) is 2.68. The molecule has 1 atom stereocenters. The maximum absolute atomic E-state index is 13.4. The highest BCUT2D eigenvalue weighted by atomic mass is 35.5. The maximum atomic E-state index is 13.4. The lowest BCUT2D eigenvalue weighted by atomic mass is 9.97. The predicted octanol–water partition coefficient (Wildman–Crippen LogP) is 4.11. The lowest BCUT2D eigenvalue weighted by molar-refractivity contribution is -0.202. The van der Waals surface area contributed by atoms with Crippen LogP contribution in [0, 0.1) is 0 Å². The molecule has 23 heavy (non-hydrogen) atoms. The number of alkyl halides is 3. The van der Waals surface area contributed by atoms with Crippen LogP contribution in [0.15, 0.2) is 24.3 Å². The minimum absolute atomic E-state index is 0.0596. The van der Waals surface area contributed by atoms with Crippen LogP contribution in [0.1, 0.15) is 38.7 Å². The summed E-state index contributed by atoms with van der Waals surface area (Å²) in [6.45, 7) is 3.27. The molecule has 128 valence electrons. The molecule has 0 radical (unpaired) electrons. The van der Waals surface area contributed by atoms with Crippen molar-refractivity contribution in [2.75, 3.05) is 0 Å². The summed E-state index contributed by atoms with van der Waals surface area (Å²) >= 11 is 6.03. The van der Waals surface area contributed by atoms with Gasteiger partial charge < -0.3 is 0 Å². The Balaban J connectivity index is 2.06. The lowest BCUT2D eigenvalue weighted by Gasteiger charge is -2.37. The summed E-state index contributed by atoms with van der Waals surface area (Å²) in [7, 11) is 0. The number of nitrogens with one attached hydrogen (secondary N) is 1. The molecule has 2 rings (SSSR count). The molecule has 1 aliphatic heterocycles. The number of hydrogen-bond acceptors (Lipinski definition) is 2. The Morgan fingerprint density at radius 1 is 1.35 bits per heavy atom. The van der Waals surface area contributed by atoms with Crippen LogP contribution in [-0.2, 0) is 11.2 Å². The fraction of sp³-hybridized carbons (Fsp3) is 0.562. The summed E-state index contributed by atoms with van der Waals surface area (Å²) in [4.78, 5) is 11.5. The first kappa shape index (κ1) is 18.1. The van der Waals surface area contributed by atoms with E-state index in [1.54, 1.807) is 26.0 Å². The number of rotatable bonds is 5. The van der Waals surface area contributed by atoms with Gasteiger partial charge in [-0.25, -0.2) is 5.01 Å². The van der Waals surface area contributed by atoms with Gasteiger partial charge in [0.2, 0.25) is 5.91 Å². The molecule has 1 fully saturated rings. The quantitative estimate of drug-likeness (QED) is 0.868. The Morgan fingerprint density at radius 2 is 2.00 bits per heavy atom. The topological polar surface area (TPSA) is 32.3 Å². The van der Waals surface area contributed by atoms with Gasteiger partial charge in [-0.15, -0.1) is 0 Å². The van der Waals surface area contributed by atoms with Crippen LogP contribution >= 0.6 is 11.6 Å². The number of halogens is 4. The third-order valence-electron chi connectivity index (χ3n) is 4.06. The molecule has 1 aromatic rings. The van der Waals surface area contributed by atoms with Gasteiger partial charge in [-0.2, -0.15) is 13.2 Å². The molecular weight excluding hydrogens is 329 g/mol. The first-order valence-corrected chi connectivity index (χ1v) is 7.88. The van der Waals surface area contributed by atoms with Crippen LogP contribution in [0.25, 0.3) is 0 Å². The molecule has 1 aliphatic rings. The van der Waals surface area contributed by atoms with Crippen molar-refractivity contribution in [2.45, 2.75) is 57.3 Å². The first-order chi connectivity index (χ1) is 10.6. The van der Waals surface area contributed by atoms with Gasteiger partial charge in [0.1, 0.15) is 6.04 Å². The van der Waals surface area contributed by atoms with E-state index in [1.165, 1.54) is 0 Å². The smallest absolute Gasteiger partial charge is 0.288 e. The maximum Gasteiger partial charge on any atom is 0.405 e. The third-order valence-corrected chi connectivity index (χ3v) is 4.43. The summed E-state index contributed by atoms with van der Waals surface area (Å²) in [6, 6.07) is 5.43. The van der Waals surface area contributed by atoms with Crippen LogP contribution < -0.4 is 5.43 Å². The predicted molar refractivity (Wildman–Crippen MR) is 82.9 cm³/mol. The minimum atomic E-state index is -4.41. The van der Waals surface area contributed by atoms with Crippen LogP contribution in [0.4, 0.5) is 13.2 Å². The van der Waals surface area contributed by atoms with Crippen LogP contribution in [0.5, 0.6) is 0 Å². The van der Waals surface area contributed by atoms with Crippen molar-refractivity contribution in [2.24, 2.45) is 0 Å². The molecule has 7 heteroatoms. The molecule has 1 N–H and O–H groups in total. The Hall–Kier alpha value is -1.27. The van der Waals surface area contributed by atoms with Crippen molar-refractivity contribution in [3.8, 4) is 0 Å². The van der Waals surface area contributed by atoms with E-state index in [2.05, 4.69) is 5.43 Å². The van der Waals surface area contributed by atoms with E-state index in [4.69, 9.17) is 11.6 Å². The molecule has 3 nitrogen and oxygen atoms in total. The number of hydrogen-bond donors (Lipinski definition) is 1. The zero-order chi connectivity index (χ0) is 17.3. The number of benzene rings is 1. The summed E-state index contributed by atoms with van der Waals surface area (Å²) in [5.41, 5.74) is 2.33. The Labute approximate surface area is 138 Å². The molecule has 0 aliphatic carbocycles. The lowest BCUT2D eigenvalue weighted by Crippen LogP contribution is -2.56. The van der Waals surface area contributed by atoms with Crippen LogP contribution in [0.2, 0.25) is 5.02 Å². The molecule has 1 aromatic carbocycles. The van der Waals surface area contributed by atoms with E-state index in [-0.39, 0.29) is 18.7 Å². The van der Waals surface area contributed by atoms with Gasteiger partial charge in [0.15, 0.2) is 0 Å². The van der Waals surface area contributed by atoms with Crippen molar-refractivity contribution in [1.82, 2.24) is 10.4 Å². The molecule has 1 amide bonds. The summed E-state index contributed by atoms with van der Waals surface area (Å²) in [6.07, 6.45) is -3.65. The first-order valence-electron chi connectivity index (χ1n) is 7.50. The van der Waals surface area contributed by atoms with Gasteiger partial charge in [0.25, 0.3) is 0 Å². The Bertz CT molecular complexity index is 575. The zero-order valence-electron chi connectivity index (χ0n) is 13.1. The van der Waals surface area contributed by atoms with E-state index in [0.29, 0.717) is 17.9 Å². The zero-order valence-corrected chi connectivity index (χ0v) is 13.8. The monoisotopic (exact) mass is 348 g/mol.